The molecule has 1 aliphatic heterocycles. The molecule has 2 amide bonds. The quantitative estimate of drug-likeness (QED) is 0.870. The second kappa shape index (κ2) is 7.24. The van der Waals surface area contributed by atoms with Crippen molar-refractivity contribution in [3.63, 3.8) is 0 Å². The van der Waals surface area contributed by atoms with Crippen LogP contribution in [0.2, 0.25) is 0 Å². The fourth-order valence-electron chi connectivity index (χ4n) is 4.65. The molecule has 4 rings (SSSR count). The standard InChI is InChI=1S/C22H26N2O3/c1-27-20-9-5-8-19(10-20)23-21(25)24-14-17-12-22(26,13-18(17)15-24)11-16-6-3-2-4-7-16/h2-10,17-18,26H,11-15H2,1H3,(H,23,25)/t17-,18+,22+. The van der Waals surface area contributed by atoms with E-state index in [4.69, 9.17) is 4.74 Å². The van der Waals surface area contributed by atoms with Gasteiger partial charge in [0, 0.05) is 31.3 Å². The molecule has 1 saturated heterocycles. The van der Waals surface area contributed by atoms with E-state index < -0.39 is 5.60 Å². The van der Waals surface area contributed by atoms with Gasteiger partial charge in [-0.05, 0) is 42.4 Å². The number of benzene rings is 2. The first-order valence-electron chi connectivity index (χ1n) is 9.51. The summed E-state index contributed by atoms with van der Waals surface area (Å²) in [5, 5.41) is 14.0. The van der Waals surface area contributed by atoms with Crippen LogP contribution in [-0.2, 0) is 6.42 Å². The summed E-state index contributed by atoms with van der Waals surface area (Å²) in [6.07, 6.45) is 2.21. The number of aliphatic hydroxyl groups is 1. The molecule has 2 aliphatic rings. The molecule has 0 unspecified atom stereocenters. The summed E-state index contributed by atoms with van der Waals surface area (Å²) in [6, 6.07) is 17.5. The van der Waals surface area contributed by atoms with Gasteiger partial charge in [-0.15, -0.1) is 0 Å². The first-order chi connectivity index (χ1) is 13.0. The van der Waals surface area contributed by atoms with E-state index in [1.807, 2.05) is 47.4 Å². The van der Waals surface area contributed by atoms with Gasteiger partial charge in [0.1, 0.15) is 5.75 Å². The SMILES string of the molecule is COc1cccc(NC(=O)N2C[C@@H]3C[C@](O)(Cc4ccccc4)C[C@@H]3C2)c1. The van der Waals surface area contributed by atoms with E-state index in [-0.39, 0.29) is 6.03 Å². The lowest BCUT2D eigenvalue weighted by Crippen LogP contribution is -2.36. The van der Waals surface area contributed by atoms with Gasteiger partial charge in [0.2, 0.25) is 0 Å². The molecule has 2 aromatic carbocycles. The molecule has 2 fully saturated rings. The zero-order valence-corrected chi connectivity index (χ0v) is 15.6. The fraction of sp³-hybridized carbons (Fsp3) is 0.409. The van der Waals surface area contributed by atoms with Gasteiger partial charge in [-0.1, -0.05) is 36.4 Å². The zero-order chi connectivity index (χ0) is 18.9. The van der Waals surface area contributed by atoms with Crippen molar-refractivity contribution in [2.24, 2.45) is 11.8 Å². The Morgan fingerprint density at radius 2 is 1.85 bits per heavy atom. The summed E-state index contributed by atoms with van der Waals surface area (Å²) < 4.78 is 5.20. The lowest BCUT2D eigenvalue weighted by molar-refractivity contribution is 0.0368. The predicted octanol–water partition coefficient (Wildman–Crippen LogP) is 3.54. The molecule has 142 valence electrons. The van der Waals surface area contributed by atoms with Crippen LogP contribution in [-0.4, -0.2) is 41.8 Å². The number of nitrogens with one attached hydrogen (secondary N) is 1. The number of carbonyl (C=O) groups is 1. The summed E-state index contributed by atoms with van der Waals surface area (Å²) in [5.41, 5.74) is 1.26. The van der Waals surface area contributed by atoms with Crippen LogP contribution in [0.1, 0.15) is 18.4 Å². The van der Waals surface area contributed by atoms with Crippen LogP contribution in [0, 0.1) is 11.8 Å². The lowest BCUT2D eigenvalue weighted by Gasteiger charge is -2.26. The summed E-state index contributed by atoms with van der Waals surface area (Å²) in [6.45, 7) is 1.41. The highest BCUT2D eigenvalue weighted by Crippen LogP contribution is 2.45. The fourth-order valence-corrected chi connectivity index (χ4v) is 4.65. The van der Waals surface area contributed by atoms with E-state index >= 15 is 0 Å². The molecular weight excluding hydrogens is 340 g/mol. The van der Waals surface area contributed by atoms with Crippen LogP contribution < -0.4 is 10.1 Å². The van der Waals surface area contributed by atoms with Gasteiger partial charge >= 0.3 is 6.03 Å². The number of hydrogen-bond donors (Lipinski definition) is 2. The van der Waals surface area contributed by atoms with Crippen molar-refractivity contribution in [2.45, 2.75) is 24.9 Å². The van der Waals surface area contributed by atoms with Crippen LogP contribution in [0.4, 0.5) is 10.5 Å². The zero-order valence-electron chi connectivity index (χ0n) is 15.6. The molecule has 0 radical (unpaired) electrons. The Morgan fingerprint density at radius 1 is 1.15 bits per heavy atom. The predicted molar refractivity (Wildman–Crippen MR) is 105 cm³/mol. The number of carbonyl (C=O) groups excluding carboxylic acids is 1. The average Bonchev–Trinajstić information content (AvgIpc) is 3.17. The molecular formula is C22H26N2O3. The maximum absolute atomic E-state index is 12.6. The highest BCUT2D eigenvalue weighted by atomic mass is 16.5. The van der Waals surface area contributed by atoms with E-state index in [0.717, 1.165) is 24.3 Å². The van der Waals surface area contributed by atoms with Crippen molar-refractivity contribution in [1.29, 1.82) is 0 Å². The minimum absolute atomic E-state index is 0.0794. The molecule has 0 aromatic heterocycles. The number of nitrogens with zero attached hydrogens (tertiary/aromatic N) is 1. The Morgan fingerprint density at radius 3 is 2.52 bits per heavy atom. The maximum Gasteiger partial charge on any atom is 0.321 e. The number of methoxy groups -OCH3 is 1. The Balaban J connectivity index is 1.34. The first-order valence-corrected chi connectivity index (χ1v) is 9.51. The summed E-state index contributed by atoms with van der Waals surface area (Å²) in [4.78, 5) is 14.5. The van der Waals surface area contributed by atoms with Crippen molar-refractivity contribution in [3.05, 3.63) is 60.2 Å². The normalized spacial score (nSPS) is 26.7. The van der Waals surface area contributed by atoms with Gasteiger partial charge in [-0.2, -0.15) is 0 Å². The van der Waals surface area contributed by atoms with Gasteiger partial charge < -0.3 is 20.1 Å². The second-order valence-corrected chi connectivity index (χ2v) is 7.88. The summed E-state index contributed by atoms with van der Waals surface area (Å²) in [7, 11) is 1.61. The van der Waals surface area contributed by atoms with E-state index in [0.29, 0.717) is 31.3 Å². The third-order valence-electron chi connectivity index (χ3n) is 5.84. The number of hydrogen-bond acceptors (Lipinski definition) is 3. The molecule has 5 heteroatoms. The van der Waals surface area contributed by atoms with E-state index in [2.05, 4.69) is 17.4 Å². The minimum Gasteiger partial charge on any atom is -0.497 e. The molecule has 0 spiro atoms. The van der Waals surface area contributed by atoms with Gasteiger partial charge in [-0.3, -0.25) is 0 Å². The average molecular weight is 366 g/mol. The highest BCUT2D eigenvalue weighted by Gasteiger charge is 2.49. The molecule has 1 saturated carbocycles. The van der Waals surface area contributed by atoms with Gasteiger partial charge in [0.15, 0.2) is 0 Å². The minimum atomic E-state index is -0.647. The van der Waals surface area contributed by atoms with Crippen molar-refractivity contribution in [3.8, 4) is 5.75 Å². The largest absolute Gasteiger partial charge is 0.497 e. The monoisotopic (exact) mass is 366 g/mol. The highest BCUT2D eigenvalue weighted by molar-refractivity contribution is 5.89. The van der Waals surface area contributed by atoms with Crippen molar-refractivity contribution in [2.75, 3.05) is 25.5 Å². The Kier molecular flexibility index (Phi) is 4.79. The van der Waals surface area contributed by atoms with E-state index in [9.17, 15) is 9.90 Å². The molecule has 2 N–H and O–H groups in total. The summed E-state index contributed by atoms with van der Waals surface area (Å²) in [5.74, 6) is 1.46. The van der Waals surface area contributed by atoms with Gasteiger partial charge in [-0.25, -0.2) is 4.79 Å². The number of ether oxygens (including phenoxy) is 1. The van der Waals surface area contributed by atoms with Gasteiger partial charge in [0.25, 0.3) is 0 Å². The van der Waals surface area contributed by atoms with Crippen LogP contribution in [0.5, 0.6) is 5.75 Å². The van der Waals surface area contributed by atoms with Crippen molar-refractivity contribution in [1.82, 2.24) is 4.90 Å². The second-order valence-electron chi connectivity index (χ2n) is 7.88. The molecule has 27 heavy (non-hydrogen) atoms. The third-order valence-corrected chi connectivity index (χ3v) is 5.84. The third kappa shape index (κ3) is 3.93. The molecule has 5 nitrogen and oxygen atoms in total. The van der Waals surface area contributed by atoms with Crippen LogP contribution in [0.15, 0.2) is 54.6 Å². The number of rotatable bonds is 4. The number of fused-ring (bicyclic) bond motifs is 1. The van der Waals surface area contributed by atoms with E-state index in [1.54, 1.807) is 7.11 Å². The summed E-state index contributed by atoms with van der Waals surface area (Å²) >= 11 is 0. The number of urea groups is 1. The molecule has 1 aliphatic carbocycles. The molecule has 1 heterocycles. The smallest absolute Gasteiger partial charge is 0.321 e. The Bertz CT molecular complexity index is 794. The Labute approximate surface area is 160 Å². The first kappa shape index (κ1) is 17.9. The van der Waals surface area contributed by atoms with Crippen LogP contribution in [0.25, 0.3) is 0 Å². The van der Waals surface area contributed by atoms with Gasteiger partial charge in [0.05, 0.1) is 12.7 Å². The molecule has 2 aromatic rings. The number of anilines is 1. The molecule has 3 atom stereocenters. The van der Waals surface area contributed by atoms with Crippen molar-refractivity contribution < 1.29 is 14.6 Å². The number of amides is 2. The topological polar surface area (TPSA) is 61.8 Å². The number of likely N-dealkylation sites (tertiary alicyclic amines) is 1. The van der Waals surface area contributed by atoms with Crippen LogP contribution >= 0.6 is 0 Å². The Hall–Kier alpha value is -2.53. The maximum atomic E-state index is 12.6. The van der Waals surface area contributed by atoms with Crippen LogP contribution in [0.3, 0.4) is 0 Å². The lowest BCUT2D eigenvalue weighted by atomic mass is 9.91. The van der Waals surface area contributed by atoms with E-state index in [1.165, 1.54) is 5.56 Å². The molecule has 0 bridgehead atoms. The van der Waals surface area contributed by atoms with Crippen molar-refractivity contribution >= 4 is 11.7 Å².